The SMILES string of the molecule is CCC(C)C(C)CC(C)C=CC(C)C. The maximum Gasteiger partial charge on any atom is -0.0259 e. The normalized spacial score (nSPS) is 18.8. The van der Waals surface area contributed by atoms with E-state index in [-0.39, 0.29) is 0 Å². The summed E-state index contributed by atoms with van der Waals surface area (Å²) in [5, 5.41) is 0. The fraction of sp³-hybridized carbons (Fsp3) is 0.857. The van der Waals surface area contributed by atoms with Crippen molar-refractivity contribution in [2.45, 2.75) is 54.4 Å². The Morgan fingerprint density at radius 3 is 1.86 bits per heavy atom. The molecule has 0 N–H and O–H groups in total. The summed E-state index contributed by atoms with van der Waals surface area (Å²) >= 11 is 0. The van der Waals surface area contributed by atoms with E-state index in [1.807, 2.05) is 0 Å². The molecule has 84 valence electrons. The monoisotopic (exact) mass is 196 g/mol. The summed E-state index contributed by atoms with van der Waals surface area (Å²) < 4.78 is 0. The molecule has 0 aromatic heterocycles. The highest BCUT2D eigenvalue weighted by atomic mass is 14.2. The maximum absolute atomic E-state index is 2.38. The lowest BCUT2D eigenvalue weighted by Crippen LogP contribution is -2.10. The van der Waals surface area contributed by atoms with Crippen LogP contribution in [-0.4, -0.2) is 0 Å². The number of hydrogen-bond donors (Lipinski definition) is 0. The molecule has 0 heteroatoms. The lowest BCUT2D eigenvalue weighted by molar-refractivity contribution is 0.328. The van der Waals surface area contributed by atoms with Gasteiger partial charge in [0, 0.05) is 0 Å². The maximum atomic E-state index is 2.38. The summed E-state index contributed by atoms with van der Waals surface area (Å²) in [5.74, 6) is 3.15. The highest BCUT2D eigenvalue weighted by molar-refractivity contribution is 4.89. The van der Waals surface area contributed by atoms with Crippen molar-refractivity contribution in [1.82, 2.24) is 0 Å². The largest absolute Gasteiger partial charge is 0.0857 e. The molecule has 0 amide bonds. The second kappa shape index (κ2) is 7.09. The lowest BCUT2D eigenvalue weighted by Gasteiger charge is -2.20. The number of hydrogen-bond acceptors (Lipinski definition) is 0. The molecule has 0 aliphatic rings. The minimum Gasteiger partial charge on any atom is -0.0857 e. The summed E-state index contributed by atoms with van der Waals surface area (Å²) in [6.07, 6.45) is 7.34. The van der Waals surface area contributed by atoms with Gasteiger partial charge in [0.15, 0.2) is 0 Å². The van der Waals surface area contributed by atoms with Gasteiger partial charge in [-0.15, -0.1) is 0 Å². The highest BCUT2D eigenvalue weighted by Crippen LogP contribution is 2.23. The zero-order valence-corrected chi connectivity index (χ0v) is 10.9. The van der Waals surface area contributed by atoms with Gasteiger partial charge in [-0.25, -0.2) is 0 Å². The summed E-state index contributed by atoms with van der Waals surface area (Å²) in [5.41, 5.74) is 0. The first kappa shape index (κ1) is 13.7. The highest BCUT2D eigenvalue weighted by Gasteiger charge is 2.12. The van der Waals surface area contributed by atoms with Crippen LogP contribution >= 0.6 is 0 Å². The third-order valence-electron chi connectivity index (χ3n) is 3.18. The van der Waals surface area contributed by atoms with E-state index in [0.717, 1.165) is 17.8 Å². The number of allylic oxidation sites excluding steroid dienone is 2. The van der Waals surface area contributed by atoms with Gasteiger partial charge in [0.25, 0.3) is 0 Å². The fourth-order valence-corrected chi connectivity index (χ4v) is 1.71. The Hall–Kier alpha value is -0.260. The predicted molar refractivity (Wildman–Crippen MR) is 66.4 cm³/mol. The van der Waals surface area contributed by atoms with Crippen LogP contribution in [0.2, 0.25) is 0 Å². The Morgan fingerprint density at radius 1 is 0.857 bits per heavy atom. The molecule has 0 aliphatic carbocycles. The van der Waals surface area contributed by atoms with Gasteiger partial charge in [-0.05, 0) is 30.1 Å². The first-order valence-corrected chi connectivity index (χ1v) is 6.15. The van der Waals surface area contributed by atoms with Crippen LogP contribution in [0.25, 0.3) is 0 Å². The van der Waals surface area contributed by atoms with Gasteiger partial charge >= 0.3 is 0 Å². The van der Waals surface area contributed by atoms with Gasteiger partial charge < -0.3 is 0 Å². The minimum absolute atomic E-state index is 0.691. The zero-order chi connectivity index (χ0) is 11.1. The van der Waals surface area contributed by atoms with E-state index in [1.54, 1.807) is 0 Å². The van der Waals surface area contributed by atoms with Crippen LogP contribution in [0.15, 0.2) is 12.2 Å². The molecule has 14 heavy (non-hydrogen) atoms. The van der Waals surface area contributed by atoms with E-state index in [4.69, 9.17) is 0 Å². The molecule has 3 atom stereocenters. The quantitative estimate of drug-likeness (QED) is 0.530. The molecule has 0 saturated heterocycles. The zero-order valence-electron chi connectivity index (χ0n) is 10.9. The van der Waals surface area contributed by atoms with Crippen LogP contribution < -0.4 is 0 Å². The topological polar surface area (TPSA) is 0 Å². The van der Waals surface area contributed by atoms with Crippen molar-refractivity contribution in [1.29, 1.82) is 0 Å². The van der Waals surface area contributed by atoms with E-state index >= 15 is 0 Å². The predicted octanol–water partition coefficient (Wildman–Crippen LogP) is 4.91. The third-order valence-corrected chi connectivity index (χ3v) is 3.18. The Balaban J connectivity index is 3.87. The van der Waals surface area contributed by atoms with Crippen LogP contribution in [0.4, 0.5) is 0 Å². The molecule has 0 bridgehead atoms. The van der Waals surface area contributed by atoms with Crippen LogP contribution in [0.5, 0.6) is 0 Å². The van der Waals surface area contributed by atoms with Crippen LogP contribution in [0, 0.1) is 23.7 Å². The van der Waals surface area contributed by atoms with Crippen LogP contribution in [-0.2, 0) is 0 Å². The van der Waals surface area contributed by atoms with E-state index in [0.29, 0.717) is 5.92 Å². The van der Waals surface area contributed by atoms with Gasteiger partial charge in [0.05, 0.1) is 0 Å². The summed E-state index contributed by atoms with van der Waals surface area (Å²) in [4.78, 5) is 0. The van der Waals surface area contributed by atoms with E-state index in [9.17, 15) is 0 Å². The van der Waals surface area contributed by atoms with Crippen molar-refractivity contribution in [3.63, 3.8) is 0 Å². The summed E-state index contributed by atoms with van der Waals surface area (Å²) in [6.45, 7) is 13.8. The molecule has 0 heterocycles. The average Bonchev–Trinajstić information content (AvgIpc) is 2.13. The molecule has 0 saturated carbocycles. The smallest absolute Gasteiger partial charge is 0.0259 e. The number of rotatable bonds is 6. The van der Waals surface area contributed by atoms with Crippen molar-refractivity contribution < 1.29 is 0 Å². The molecule has 0 rings (SSSR count). The fourth-order valence-electron chi connectivity index (χ4n) is 1.71. The van der Waals surface area contributed by atoms with Crippen LogP contribution in [0.1, 0.15) is 54.4 Å². The van der Waals surface area contributed by atoms with Crippen LogP contribution in [0.3, 0.4) is 0 Å². The van der Waals surface area contributed by atoms with Gasteiger partial charge in [0.2, 0.25) is 0 Å². The lowest BCUT2D eigenvalue weighted by atomic mass is 9.86. The standard InChI is InChI=1S/C14H28/c1-7-13(5)14(6)10-12(4)9-8-11(2)3/h8-9,11-14H,7,10H2,1-6H3. The molecular formula is C14H28. The van der Waals surface area contributed by atoms with Gasteiger partial charge in [-0.2, -0.15) is 0 Å². The van der Waals surface area contributed by atoms with Crippen molar-refractivity contribution in [2.24, 2.45) is 23.7 Å². The average molecular weight is 196 g/mol. The first-order chi connectivity index (χ1) is 6.47. The van der Waals surface area contributed by atoms with Gasteiger partial charge in [0.1, 0.15) is 0 Å². The molecule has 0 radical (unpaired) electrons. The third kappa shape index (κ3) is 6.23. The molecule has 0 aromatic carbocycles. The Morgan fingerprint density at radius 2 is 1.43 bits per heavy atom. The van der Waals surface area contributed by atoms with Gasteiger partial charge in [-0.1, -0.05) is 60.1 Å². The van der Waals surface area contributed by atoms with E-state index in [1.165, 1.54) is 12.8 Å². The van der Waals surface area contributed by atoms with Crippen molar-refractivity contribution >= 4 is 0 Å². The van der Waals surface area contributed by atoms with E-state index in [2.05, 4.69) is 53.7 Å². The molecule has 0 aromatic rings. The molecule has 0 fully saturated rings. The van der Waals surface area contributed by atoms with Crippen molar-refractivity contribution in [3.05, 3.63) is 12.2 Å². The Labute approximate surface area is 90.8 Å². The molecule has 0 aliphatic heterocycles. The van der Waals surface area contributed by atoms with E-state index < -0.39 is 0 Å². The summed E-state index contributed by atoms with van der Waals surface area (Å²) in [7, 11) is 0. The molecule has 0 nitrogen and oxygen atoms in total. The van der Waals surface area contributed by atoms with Crippen molar-refractivity contribution in [2.75, 3.05) is 0 Å². The molecular weight excluding hydrogens is 168 g/mol. The minimum atomic E-state index is 0.691. The van der Waals surface area contributed by atoms with Crippen molar-refractivity contribution in [3.8, 4) is 0 Å². The van der Waals surface area contributed by atoms with Gasteiger partial charge in [-0.3, -0.25) is 0 Å². The first-order valence-electron chi connectivity index (χ1n) is 6.15. The second-order valence-electron chi connectivity index (χ2n) is 5.20. The molecule has 3 unspecified atom stereocenters. The Kier molecular flexibility index (Phi) is 6.96. The summed E-state index contributed by atoms with van der Waals surface area (Å²) in [6, 6.07) is 0. The second-order valence-corrected chi connectivity index (χ2v) is 5.20. The Bertz CT molecular complexity index is 155. The molecule has 0 spiro atoms.